The van der Waals surface area contributed by atoms with Crippen LogP contribution in [0, 0.1) is 15.6 Å². The molecule has 0 aliphatic heterocycles. The van der Waals surface area contributed by atoms with Gasteiger partial charge in [-0.2, -0.15) is 0 Å². The highest BCUT2D eigenvalue weighted by Gasteiger charge is 2.14. The molecule has 0 N–H and O–H groups in total. The van der Waals surface area contributed by atoms with Crippen LogP contribution in [0.5, 0.6) is 0 Å². The highest BCUT2D eigenvalue weighted by atomic mass is 32.1. The maximum atomic E-state index is 10.7. The summed E-state index contributed by atoms with van der Waals surface area (Å²) in [4.78, 5) is 14.8. The van der Waals surface area contributed by atoms with Crippen molar-refractivity contribution >= 4 is 17.0 Å². The van der Waals surface area contributed by atoms with Crippen LogP contribution in [0.4, 0.5) is 5.69 Å². The molecule has 1 aromatic carbocycles. The van der Waals surface area contributed by atoms with Crippen molar-refractivity contribution in [2.45, 2.75) is 0 Å². The quantitative estimate of drug-likeness (QED) is 0.559. The molecule has 2 aromatic rings. The summed E-state index contributed by atoms with van der Waals surface area (Å²) in [5.74, 6) is 0. The number of para-hydroxylation sites is 1. The molecule has 2 rings (SSSR count). The van der Waals surface area contributed by atoms with Crippen LogP contribution in [-0.4, -0.2) is 9.91 Å². The Morgan fingerprint density at radius 1 is 1.43 bits per heavy atom. The zero-order valence-electron chi connectivity index (χ0n) is 7.01. The first-order valence-corrected chi connectivity index (χ1v) is 4.66. The topological polar surface area (TPSA) is 56.0 Å². The summed E-state index contributed by atoms with van der Waals surface area (Å²) >= 11 is 1.27. The molecule has 1 aromatic heterocycles. The molecule has 69 valence electrons. The first kappa shape index (κ1) is 8.83. The molecule has 0 aliphatic rings. The Bertz CT molecular complexity index is 454. The van der Waals surface area contributed by atoms with Gasteiger partial charge in [0.05, 0.1) is 15.4 Å². The van der Waals surface area contributed by atoms with E-state index in [0.29, 0.717) is 5.56 Å². The lowest BCUT2D eigenvalue weighted by molar-refractivity contribution is -0.384. The zero-order chi connectivity index (χ0) is 9.97. The minimum absolute atomic E-state index is 0.102. The monoisotopic (exact) mass is 205 g/mol. The molecule has 14 heavy (non-hydrogen) atoms. The second kappa shape index (κ2) is 3.55. The molecule has 0 fully saturated rings. The van der Waals surface area contributed by atoms with Gasteiger partial charge in [0.15, 0.2) is 5.51 Å². The summed E-state index contributed by atoms with van der Waals surface area (Å²) in [5.41, 5.74) is 3.36. The van der Waals surface area contributed by atoms with Crippen LogP contribution in [0.1, 0.15) is 0 Å². The lowest BCUT2D eigenvalue weighted by Gasteiger charge is -1.97. The highest BCUT2D eigenvalue weighted by Crippen LogP contribution is 2.31. The summed E-state index contributed by atoms with van der Waals surface area (Å²) < 4.78 is 0. The first-order chi connectivity index (χ1) is 6.79. The lowest BCUT2D eigenvalue weighted by atomic mass is 10.1. The fourth-order valence-electron chi connectivity index (χ4n) is 1.15. The number of hydrogen-bond acceptors (Lipinski definition) is 4. The third kappa shape index (κ3) is 1.49. The number of nitrogens with zero attached hydrogens (tertiary/aromatic N) is 2. The van der Waals surface area contributed by atoms with E-state index in [2.05, 4.69) is 10.5 Å². The van der Waals surface area contributed by atoms with Gasteiger partial charge in [0, 0.05) is 12.3 Å². The molecule has 0 aliphatic carbocycles. The zero-order valence-corrected chi connectivity index (χ0v) is 7.82. The van der Waals surface area contributed by atoms with Crippen molar-refractivity contribution < 1.29 is 4.92 Å². The van der Waals surface area contributed by atoms with Crippen LogP contribution < -0.4 is 0 Å². The van der Waals surface area contributed by atoms with Crippen LogP contribution in [0.15, 0.2) is 30.5 Å². The van der Waals surface area contributed by atoms with Crippen LogP contribution >= 0.6 is 11.3 Å². The number of rotatable bonds is 2. The molecule has 4 nitrogen and oxygen atoms in total. The number of benzene rings is 1. The second-order valence-corrected chi connectivity index (χ2v) is 3.42. The Labute approximate surface area is 84.0 Å². The van der Waals surface area contributed by atoms with Gasteiger partial charge in [-0.3, -0.25) is 10.1 Å². The number of hydrogen-bond donors (Lipinski definition) is 0. The van der Waals surface area contributed by atoms with Crippen LogP contribution in [-0.2, 0) is 0 Å². The average molecular weight is 205 g/mol. The molecule has 0 unspecified atom stereocenters. The molecular weight excluding hydrogens is 200 g/mol. The smallest absolute Gasteiger partial charge is 0.258 e. The van der Waals surface area contributed by atoms with Crippen molar-refractivity contribution in [2.24, 2.45) is 0 Å². The second-order valence-electron chi connectivity index (χ2n) is 2.59. The predicted octanol–water partition coefficient (Wildman–Crippen LogP) is 2.52. The van der Waals surface area contributed by atoms with Gasteiger partial charge < -0.3 is 0 Å². The van der Waals surface area contributed by atoms with E-state index in [-0.39, 0.29) is 5.69 Å². The van der Waals surface area contributed by atoms with E-state index in [9.17, 15) is 10.1 Å². The van der Waals surface area contributed by atoms with Gasteiger partial charge >= 0.3 is 0 Å². The van der Waals surface area contributed by atoms with E-state index in [1.165, 1.54) is 17.4 Å². The maximum Gasteiger partial charge on any atom is 0.278 e. The molecule has 0 spiro atoms. The molecule has 1 radical (unpaired) electrons. The summed E-state index contributed by atoms with van der Waals surface area (Å²) in [6, 6.07) is 6.60. The molecular formula is C9H5N2O2S. The first-order valence-electron chi connectivity index (χ1n) is 3.84. The fraction of sp³-hybridized carbons (Fsp3) is 0. The Hall–Kier alpha value is -1.75. The van der Waals surface area contributed by atoms with E-state index >= 15 is 0 Å². The van der Waals surface area contributed by atoms with E-state index in [1.807, 2.05) is 0 Å². The van der Waals surface area contributed by atoms with Gasteiger partial charge in [-0.05, 0) is 6.07 Å². The lowest BCUT2D eigenvalue weighted by Crippen LogP contribution is -1.89. The molecule has 0 saturated heterocycles. The summed E-state index contributed by atoms with van der Waals surface area (Å²) in [6.45, 7) is 0. The van der Waals surface area contributed by atoms with Crippen LogP contribution in [0.25, 0.3) is 10.4 Å². The molecule has 0 atom stereocenters. The van der Waals surface area contributed by atoms with E-state index in [1.54, 1.807) is 24.4 Å². The van der Waals surface area contributed by atoms with E-state index in [4.69, 9.17) is 0 Å². The van der Waals surface area contributed by atoms with Crippen molar-refractivity contribution in [3.8, 4) is 10.4 Å². The standard InChI is InChI=1S/C9H5N2O2S/c12-11(13)8-4-2-1-3-7(8)9-5-10-6-14-9/h1-5H. The molecule has 0 amide bonds. The SMILES string of the molecule is O=[N+]([O-])c1ccccc1-c1cn[c]s1. The van der Waals surface area contributed by atoms with Gasteiger partial charge in [0.1, 0.15) is 0 Å². The fourth-order valence-corrected chi connectivity index (χ4v) is 1.74. The van der Waals surface area contributed by atoms with Crippen molar-refractivity contribution in [3.05, 3.63) is 46.1 Å². The maximum absolute atomic E-state index is 10.7. The van der Waals surface area contributed by atoms with E-state index < -0.39 is 4.92 Å². The van der Waals surface area contributed by atoms with Crippen molar-refractivity contribution in [3.63, 3.8) is 0 Å². The Balaban J connectivity index is 2.58. The van der Waals surface area contributed by atoms with Gasteiger partial charge in [0.2, 0.25) is 0 Å². The Kier molecular flexibility index (Phi) is 2.24. The largest absolute Gasteiger partial charge is 0.278 e. The van der Waals surface area contributed by atoms with Gasteiger partial charge in [-0.1, -0.05) is 12.1 Å². The molecule has 5 heteroatoms. The third-order valence-electron chi connectivity index (χ3n) is 1.76. The number of nitro benzene ring substituents is 1. The predicted molar refractivity (Wildman–Crippen MR) is 53.0 cm³/mol. The Morgan fingerprint density at radius 3 is 2.86 bits per heavy atom. The summed E-state index contributed by atoms with van der Waals surface area (Å²) in [5, 5.41) is 10.7. The van der Waals surface area contributed by atoms with Crippen LogP contribution in [0.2, 0.25) is 0 Å². The molecule has 1 heterocycles. The van der Waals surface area contributed by atoms with Gasteiger partial charge in [-0.15, -0.1) is 11.3 Å². The number of nitro groups is 1. The van der Waals surface area contributed by atoms with Gasteiger partial charge in [-0.25, -0.2) is 4.98 Å². The van der Waals surface area contributed by atoms with Gasteiger partial charge in [0.25, 0.3) is 5.69 Å². The third-order valence-corrected chi connectivity index (χ3v) is 2.50. The normalized spacial score (nSPS) is 10.0. The highest BCUT2D eigenvalue weighted by molar-refractivity contribution is 7.12. The van der Waals surface area contributed by atoms with Crippen molar-refractivity contribution in [2.75, 3.05) is 0 Å². The van der Waals surface area contributed by atoms with Crippen molar-refractivity contribution in [1.29, 1.82) is 0 Å². The minimum atomic E-state index is -0.394. The van der Waals surface area contributed by atoms with Crippen molar-refractivity contribution in [1.82, 2.24) is 4.98 Å². The Morgan fingerprint density at radius 2 is 2.21 bits per heavy atom. The van der Waals surface area contributed by atoms with Crippen LogP contribution in [0.3, 0.4) is 0 Å². The summed E-state index contributed by atoms with van der Waals surface area (Å²) in [7, 11) is 0. The average Bonchev–Trinajstić information content (AvgIpc) is 2.70. The summed E-state index contributed by atoms with van der Waals surface area (Å²) in [6.07, 6.45) is 1.58. The number of aromatic nitrogens is 1. The molecule has 0 bridgehead atoms. The van der Waals surface area contributed by atoms with E-state index in [0.717, 1.165) is 4.88 Å². The molecule has 0 saturated carbocycles. The number of thiazole rings is 1. The minimum Gasteiger partial charge on any atom is -0.258 e.